The van der Waals surface area contributed by atoms with Gasteiger partial charge in [0.2, 0.25) is 0 Å². The second-order valence-electron chi connectivity index (χ2n) is 13.5. The van der Waals surface area contributed by atoms with E-state index < -0.39 is 65.7 Å². The lowest BCUT2D eigenvalue weighted by Gasteiger charge is -2.61. The third-order valence-electron chi connectivity index (χ3n) is 9.79. The monoisotopic (exact) mass is 670 g/mol. The highest BCUT2D eigenvalue weighted by atomic mass is 79.9. The van der Waals surface area contributed by atoms with Crippen LogP contribution in [0.3, 0.4) is 0 Å². The molecule has 3 fully saturated rings. The van der Waals surface area contributed by atoms with Crippen molar-refractivity contribution in [3.05, 3.63) is 28.2 Å². The van der Waals surface area contributed by atoms with Gasteiger partial charge in [-0.3, -0.25) is 9.59 Å². The molecule has 1 aromatic rings. The number of aliphatic hydroxyl groups is 2. The fraction of sp³-hybridized carbons (Fsp3) is 0.750. The third kappa shape index (κ3) is 7.07. The average Bonchev–Trinajstić information content (AvgIpc) is 2.90. The number of fused-ring (bicyclic) bond motifs is 2. The Hall–Kier alpha value is -1.76. The molecule has 0 amide bonds. The lowest BCUT2D eigenvalue weighted by molar-refractivity contribution is -0.452. The van der Waals surface area contributed by atoms with E-state index in [0.29, 0.717) is 19.3 Å². The summed E-state index contributed by atoms with van der Waals surface area (Å²) in [4.78, 5) is 26.1. The summed E-state index contributed by atoms with van der Waals surface area (Å²) in [6.07, 6.45) is -2.41. The standard InChI is InChI=1S/C32H47BrO10/c1-17(8-11-24(39-7)22-12-21(35)9-10-23(22)33)29-19(3)26-15-32(42-29)30(5,6)14-18(2)31(38,43-32)16-28(37)40-25(20(4)34)13-27(36)41-26/h9-10,12,17-20,24-26,29,34-35,38H,8,11,13-16H2,1-7H3/t17-,18+,19-,20+,24-,25+,26?,29+,31-,32-/m0/s1. The number of carbonyl (C=O) groups excluding carboxylic acids is 2. The highest BCUT2D eigenvalue weighted by molar-refractivity contribution is 9.10. The van der Waals surface area contributed by atoms with Crippen molar-refractivity contribution >= 4 is 27.9 Å². The normalized spacial score (nSPS) is 36.7. The van der Waals surface area contributed by atoms with Gasteiger partial charge in [-0.25, -0.2) is 0 Å². The summed E-state index contributed by atoms with van der Waals surface area (Å²) in [6.45, 7) is 11.3. The molecule has 0 saturated carbocycles. The van der Waals surface area contributed by atoms with Crippen LogP contribution in [0.15, 0.2) is 22.7 Å². The molecule has 0 radical (unpaired) electrons. The van der Waals surface area contributed by atoms with Gasteiger partial charge in [-0.05, 0) is 55.9 Å². The van der Waals surface area contributed by atoms with Gasteiger partial charge in [-0.15, -0.1) is 0 Å². The predicted octanol–water partition coefficient (Wildman–Crippen LogP) is 5.15. The molecule has 3 aliphatic rings. The lowest BCUT2D eigenvalue weighted by atomic mass is 9.66. The summed E-state index contributed by atoms with van der Waals surface area (Å²) in [5.74, 6) is -5.20. The molecule has 3 heterocycles. The van der Waals surface area contributed by atoms with E-state index in [1.165, 1.54) is 6.92 Å². The Morgan fingerprint density at radius 3 is 2.44 bits per heavy atom. The largest absolute Gasteiger partial charge is 0.508 e. The molecule has 0 aliphatic carbocycles. The van der Waals surface area contributed by atoms with E-state index in [1.807, 2.05) is 27.7 Å². The molecule has 10 atom stereocenters. The van der Waals surface area contributed by atoms with Gasteiger partial charge in [0.05, 0.1) is 31.2 Å². The van der Waals surface area contributed by atoms with E-state index in [2.05, 4.69) is 22.9 Å². The van der Waals surface area contributed by atoms with E-state index in [4.69, 9.17) is 23.7 Å². The number of cyclic esters (lactones) is 1. The van der Waals surface area contributed by atoms with Crippen LogP contribution in [0.5, 0.6) is 5.75 Å². The minimum absolute atomic E-state index is 0.0583. The molecule has 4 rings (SSSR count). The Morgan fingerprint density at radius 1 is 1.09 bits per heavy atom. The van der Waals surface area contributed by atoms with Gasteiger partial charge in [-0.2, -0.15) is 0 Å². The Bertz CT molecular complexity index is 1170. The number of carbonyl (C=O) groups is 2. The number of phenols is 1. The zero-order valence-electron chi connectivity index (χ0n) is 26.2. The second kappa shape index (κ2) is 12.9. The van der Waals surface area contributed by atoms with Gasteiger partial charge < -0.3 is 39.0 Å². The van der Waals surface area contributed by atoms with E-state index in [-0.39, 0.29) is 36.5 Å². The van der Waals surface area contributed by atoms with Crippen LogP contribution in [0.25, 0.3) is 0 Å². The molecule has 1 aromatic carbocycles. The number of ether oxygens (including phenoxy) is 5. The number of halogens is 1. The van der Waals surface area contributed by atoms with Crippen molar-refractivity contribution in [2.24, 2.45) is 23.2 Å². The van der Waals surface area contributed by atoms with Gasteiger partial charge in [0, 0.05) is 35.3 Å². The SMILES string of the molecule is CO[C@@H](CC[C@H](C)[C@H]1O[C@@]23CC(OC(=O)C[C@H]([C@@H](C)O)OC(=O)C[C@](O)(O2)[C@H](C)CC3(C)C)[C@@H]1C)c1cc(O)ccc1Br. The quantitative estimate of drug-likeness (QED) is 0.334. The molecule has 3 N–H and O–H groups in total. The van der Waals surface area contributed by atoms with E-state index in [1.54, 1.807) is 25.3 Å². The van der Waals surface area contributed by atoms with Gasteiger partial charge in [0.15, 0.2) is 11.6 Å². The lowest BCUT2D eigenvalue weighted by Crippen LogP contribution is -2.68. The van der Waals surface area contributed by atoms with Gasteiger partial charge in [0.1, 0.15) is 18.0 Å². The molecule has 11 heteroatoms. The maximum Gasteiger partial charge on any atom is 0.311 e. The highest BCUT2D eigenvalue weighted by Crippen LogP contribution is 2.57. The average molecular weight is 672 g/mol. The molecule has 3 bridgehead atoms. The number of aliphatic hydroxyl groups excluding tert-OH is 1. The molecular formula is C32H47BrO10. The van der Waals surface area contributed by atoms with Crippen molar-refractivity contribution in [2.45, 2.75) is 122 Å². The molecular weight excluding hydrogens is 624 g/mol. The van der Waals surface area contributed by atoms with Crippen LogP contribution in [-0.4, -0.2) is 70.4 Å². The van der Waals surface area contributed by atoms with E-state index in [9.17, 15) is 24.9 Å². The summed E-state index contributed by atoms with van der Waals surface area (Å²) in [7, 11) is 1.63. The minimum atomic E-state index is -1.89. The van der Waals surface area contributed by atoms with Crippen LogP contribution < -0.4 is 0 Å². The van der Waals surface area contributed by atoms with Crippen LogP contribution in [0, 0.1) is 23.2 Å². The van der Waals surface area contributed by atoms with Crippen LogP contribution in [0.4, 0.5) is 0 Å². The zero-order valence-corrected chi connectivity index (χ0v) is 27.8. The van der Waals surface area contributed by atoms with Crippen molar-refractivity contribution in [1.29, 1.82) is 0 Å². The first-order valence-electron chi connectivity index (χ1n) is 15.2. The fourth-order valence-corrected chi connectivity index (χ4v) is 7.51. The summed E-state index contributed by atoms with van der Waals surface area (Å²) in [5.41, 5.74) is 0.222. The molecule has 3 aliphatic heterocycles. The summed E-state index contributed by atoms with van der Waals surface area (Å²) in [5, 5.41) is 32.1. The Labute approximate surface area is 262 Å². The minimum Gasteiger partial charge on any atom is -0.508 e. The molecule has 43 heavy (non-hydrogen) atoms. The fourth-order valence-electron chi connectivity index (χ4n) is 7.00. The van der Waals surface area contributed by atoms with E-state index >= 15 is 0 Å². The predicted molar refractivity (Wildman–Crippen MR) is 160 cm³/mol. The number of hydrogen-bond acceptors (Lipinski definition) is 10. The number of phenolic OH excluding ortho intramolecular Hbond substituents is 1. The molecule has 1 unspecified atom stereocenters. The van der Waals surface area contributed by atoms with Crippen molar-refractivity contribution in [3.63, 3.8) is 0 Å². The third-order valence-corrected chi connectivity index (χ3v) is 10.5. The number of hydrogen-bond donors (Lipinski definition) is 3. The van der Waals surface area contributed by atoms with Crippen LogP contribution in [0.2, 0.25) is 0 Å². The van der Waals surface area contributed by atoms with Crippen molar-refractivity contribution in [3.8, 4) is 5.75 Å². The Kier molecular flexibility index (Phi) is 10.3. The molecule has 0 aromatic heterocycles. The highest BCUT2D eigenvalue weighted by Gasteiger charge is 2.64. The van der Waals surface area contributed by atoms with Crippen molar-refractivity contribution < 1.29 is 48.6 Å². The number of rotatable bonds is 7. The van der Waals surface area contributed by atoms with Crippen LogP contribution in [0.1, 0.15) is 91.7 Å². The molecule has 242 valence electrons. The number of esters is 2. The first-order chi connectivity index (χ1) is 20.0. The molecule has 3 saturated heterocycles. The van der Waals surface area contributed by atoms with Crippen LogP contribution in [-0.2, 0) is 33.3 Å². The Balaban J connectivity index is 1.67. The molecule has 1 spiro atoms. The first-order valence-corrected chi connectivity index (χ1v) is 16.0. The van der Waals surface area contributed by atoms with Gasteiger partial charge >= 0.3 is 11.9 Å². The van der Waals surface area contributed by atoms with Gasteiger partial charge in [0.25, 0.3) is 0 Å². The van der Waals surface area contributed by atoms with Crippen molar-refractivity contribution in [1.82, 2.24) is 0 Å². The Morgan fingerprint density at radius 2 is 1.79 bits per heavy atom. The van der Waals surface area contributed by atoms with Crippen molar-refractivity contribution in [2.75, 3.05) is 7.11 Å². The topological polar surface area (TPSA) is 141 Å². The number of methoxy groups -OCH3 is 1. The first kappa shape index (κ1) is 34.1. The number of aromatic hydroxyl groups is 1. The van der Waals surface area contributed by atoms with Gasteiger partial charge in [-0.1, -0.05) is 50.5 Å². The van der Waals surface area contributed by atoms with E-state index in [0.717, 1.165) is 10.0 Å². The second-order valence-corrected chi connectivity index (χ2v) is 14.4. The zero-order chi connectivity index (χ0) is 31.9. The summed E-state index contributed by atoms with van der Waals surface area (Å²) >= 11 is 3.56. The summed E-state index contributed by atoms with van der Waals surface area (Å²) in [6, 6.07) is 5.08. The summed E-state index contributed by atoms with van der Waals surface area (Å²) < 4.78 is 31.6. The number of benzene rings is 1. The van der Waals surface area contributed by atoms with Crippen LogP contribution >= 0.6 is 15.9 Å². The smallest absolute Gasteiger partial charge is 0.311 e. The molecule has 10 nitrogen and oxygen atoms in total. The maximum absolute atomic E-state index is 13.2. The maximum atomic E-state index is 13.2.